The van der Waals surface area contributed by atoms with Crippen molar-refractivity contribution in [2.24, 2.45) is 11.7 Å². The van der Waals surface area contributed by atoms with Gasteiger partial charge in [-0.25, -0.2) is 0 Å². The first-order valence-electron chi connectivity index (χ1n) is 5.22. The summed E-state index contributed by atoms with van der Waals surface area (Å²) >= 11 is 0. The normalized spacial score (nSPS) is 12.2. The summed E-state index contributed by atoms with van der Waals surface area (Å²) in [4.78, 5) is 33.5. The number of aliphatic carboxylic acids is 2. The van der Waals surface area contributed by atoms with E-state index in [0.717, 1.165) is 4.90 Å². The standard InChI is InChI=1S/C10H18N2O5/c1-6(2)3-7(11)10(17)12(4-8(13)14)5-9(15)16/h6-7H,3-5,11H2,1-2H3,(H,13,14)(H,15,16). The highest BCUT2D eigenvalue weighted by Crippen LogP contribution is 2.05. The molecule has 0 aromatic carbocycles. The van der Waals surface area contributed by atoms with Crippen molar-refractivity contribution in [3.8, 4) is 0 Å². The molecule has 0 radical (unpaired) electrons. The molecule has 0 bridgehead atoms. The Labute approximate surface area is 99.2 Å². The van der Waals surface area contributed by atoms with Crippen LogP contribution in [-0.4, -0.2) is 52.1 Å². The zero-order chi connectivity index (χ0) is 13.6. The van der Waals surface area contributed by atoms with E-state index in [9.17, 15) is 14.4 Å². The van der Waals surface area contributed by atoms with Crippen LogP contribution in [0.5, 0.6) is 0 Å². The summed E-state index contributed by atoms with van der Waals surface area (Å²) in [5.74, 6) is -3.01. The van der Waals surface area contributed by atoms with Gasteiger partial charge < -0.3 is 20.8 Å². The lowest BCUT2D eigenvalue weighted by Gasteiger charge is -2.23. The Kier molecular flexibility index (Phi) is 6.19. The summed E-state index contributed by atoms with van der Waals surface area (Å²) in [6.07, 6.45) is 0.384. The third-order valence-corrected chi connectivity index (χ3v) is 2.01. The third-order valence-electron chi connectivity index (χ3n) is 2.01. The first-order chi connectivity index (χ1) is 7.73. The minimum Gasteiger partial charge on any atom is -0.480 e. The van der Waals surface area contributed by atoms with Crippen LogP contribution >= 0.6 is 0 Å². The van der Waals surface area contributed by atoms with E-state index in [-0.39, 0.29) is 5.92 Å². The zero-order valence-electron chi connectivity index (χ0n) is 9.92. The summed E-state index contributed by atoms with van der Waals surface area (Å²) in [6, 6.07) is -0.867. The quantitative estimate of drug-likeness (QED) is 0.549. The summed E-state index contributed by atoms with van der Waals surface area (Å²) < 4.78 is 0. The van der Waals surface area contributed by atoms with Crippen LogP contribution in [0, 0.1) is 5.92 Å². The van der Waals surface area contributed by atoms with Gasteiger partial charge in [0.25, 0.3) is 0 Å². The van der Waals surface area contributed by atoms with Gasteiger partial charge in [0.15, 0.2) is 0 Å². The van der Waals surface area contributed by atoms with Crippen molar-refractivity contribution < 1.29 is 24.6 Å². The van der Waals surface area contributed by atoms with Crippen molar-refractivity contribution in [2.45, 2.75) is 26.3 Å². The maximum Gasteiger partial charge on any atom is 0.323 e. The lowest BCUT2D eigenvalue weighted by Crippen LogP contribution is -2.48. The molecule has 17 heavy (non-hydrogen) atoms. The number of carboxylic acid groups (broad SMARTS) is 2. The van der Waals surface area contributed by atoms with E-state index in [1.165, 1.54) is 0 Å². The third kappa shape index (κ3) is 6.52. The van der Waals surface area contributed by atoms with Crippen LogP contribution in [-0.2, 0) is 14.4 Å². The number of rotatable bonds is 7. The topological polar surface area (TPSA) is 121 Å². The average molecular weight is 246 g/mol. The molecule has 7 heteroatoms. The van der Waals surface area contributed by atoms with Crippen molar-refractivity contribution in [2.75, 3.05) is 13.1 Å². The molecule has 1 atom stereocenters. The van der Waals surface area contributed by atoms with E-state index in [2.05, 4.69) is 0 Å². The van der Waals surface area contributed by atoms with Gasteiger partial charge in [-0.2, -0.15) is 0 Å². The highest BCUT2D eigenvalue weighted by Gasteiger charge is 2.25. The molecule has 0 spiro atoms. The van der Waals surface area contributed by atoms with E-state index in [0.29, 0.717) is 6.42 Å². The minimum atomic E-state index is -1.27. The smallest absolute Gasteiger partial charge is 0.323 e. The average Bonchev–Trinajstić information content (AvgIpc) is 2.12. The van der Waals surface area contributed by atoms with Crippen LogP contribution in [0.15, 0.2) is 0 Å². The number of nitrogens with zero attached hydrogens (tertiary/aromatic N) is 1. The molecule has 0 heterocycles. The van der Waals surface area contributed by atoms with Gasteiger partial charge in [-0.05, 0) is 12.3 Å². The van der Waals surface area contributed by atoms with E-state index >= 15 is 0 Å². The van der Waals surface area contributed by atoms with Gasteiger partial charge in [-0.15, -0.1) is 0 Å². The maximum absolute atomic E-state index is 11.7. The molecule has 0 saturated heterocycles. The fourth-order valence-corrected chi connectivity index (χ4v) is 1.38. The first kappa shape index (κ1) is 15.4. The lowest BCUT2D eigenvalue weighted by atomic mass is 10.0. The molecule has 0 aromatic rings. The molecule has 0 aliphatic rings. The fourth-order valence-electron chi connectivity index (χ4n) is 1.38. The molecule has 1 amide bonds. The molecule has 4 N–H and O–H groups in total. The van der Waals surface area contributed by atoms with Gasteiger partial charge in [0.2, 0.25) is 5.91 Å². The predicted octanol–water partition coefficient (Wildman–Crippen LogP) is -0.642. The van der Waals surface area contributed by atoms with Crippen LogP contribution in [0.1, 0.15) is 20.3 Å². The molecule has 0 aromatic heterocycles. The zero-order valence-corrected chi connectivity index (χ0v) is 9.92. The number of amides is 1. The molecule has 1 unspecified atom stereocenters. The minimum absolute atomic E-state index is 0.172. The molecule has 0 fully saturated rings. The number of carbonyl (C=O) groups is 3. The maximum atomic E-state index is 11.7. The second-order valence-electron chi connectivity index (χ2n) is 4.22. The van der Waals surface area contributed by atoms with Crippen molar-refractivity contribution in [3.05, 3.63) is 0 Å². The Morgan fingerprint density at radius 1 is 1.12 bits per heavy atom. The molecule has 7 nitrogen and oxygen atoms in total. The van der Waals surface area contributed by atoms with E-state index in [1.54, 1.807) is 0 Å². The lowest BCUT2D eigenvalue weighted by molar-refractivity contribution is -0.150. The molecule has 0 saturated carbocycles. The number of hydrogen-bond donors (Lipinski definition) is 3. The van der Waals surface area contributed by atoms with Gasteiger partial charge in [0, 0.05) is 0 Å². The SMILES string of the molecule is CC(C)CC(N)C(=O)N(CC(=O)O)CC(=O)O. The first-order valence-corrected chi connectivity index (χ1v) is 5.22. The largest absolute Gasteiger partial charge is 0.480 e. The molecule has 98 valence electrons. The number of nitrogens with two attached hydrogens (primary N) is 1. The highest BCUT2D eigenvalue weighted by molar-refractivity contribution is 5.88. The van der Waals surface area contributed by atoms with Gasteiger partial charge in [-0.3, -0.25) is 14.4 Å². The molecular weight excluding hydrogens is 228 g/mol. The van der Waals surface area contributed by atoms with Gasteiger partial charge in [0.1, 0.15) is 13.1 Å². The molecule has 0 aliphatic carbocycles. The highest BCUT2D eigenvalue weighted by atomic mass is 16.4. The second kappa shape index (κ2) is 6.85. The van der Waals surface area contributed by atoms with Gasteiger partial charge in [0.05, 0.1) is 6.04 Å². The van der Waals surface area contributed by atoms with Gasteiger partial charge >= 0.3 is 11.9 Å². The Hall–Kier alpha value is -1.63. The predicted molar refractivity (Wildman–Crippen MR) is 59.3 cm³/mol. The van der Waals surface area contributed by atoms with Crippen molar-refractivity contribution in [1.82, 2.24) is 4.90 Å². The summed E-state index contributed by atoms with van der Waals surface area (Å²) in [7, 11) is 0. The Morgan fingerprint density at radius 3 is 1.82 bits per heavy atom. The van der Waals surface area contributed by atoms with E-state index in [4.69, 9.17) is 15.9 Å². The Balaban J connectivity index is 4.61. The monoisotopic (exact) mass is 246 g/mol. The second-order valence-corrected chi connectivity index (χ2v) is 4.22. The van der Waals surface area contributed by atoms with Crippen LogP contribution < -0.4 is 5.73 Å². The Bertz CT molecular complexity index is 287. The van der Waals surface area contributed by atoms with Crippen LogP contribution in [0.25, 0.3) is 0 Å². The van der Waals surface area contributed by atoms with Gasteiger partial charge in [-0.1, -0.05) is 13.8 Å². The van der Waals surface area contributed by atoms with Crippen LogP contribution in [0.3, 0.4) is 0 Å². The van der Waals surface area contributed by atoms with Crippen molar-refractivity contribution >= 4 is 17.8 Å². The van der Waals surface area contributed by atoms with E-state index in [1.807, 2.05) is 13.8 Å². The van der Waals surface area contributed by atoms with Crippen LogP contribution in [0.4, 0.5) is 0 Å². The summed E-state index contributed by atoms with van der Waals surface area (Å²) in [5, 5.41) is 17.2. The molecule has 0 aliphatic heterocycles. The number of carboxylic acids is 2. The molecular formula is C10H18N2O5. The number of hydrogen-bond acceptors (Lipinski definition) is 4. The fraction of sp³-hybridized carbons (Fsp3) is 0.700. The van der Waals surface area contributed by atoms with Crippen LogP contribution in [0.2, 0.25) is 0 Å². The Morgan fingerprint density at radius 2 is 1.53 bits per heavy atom. The summed E-state index contributed by atoms with van der Waals surface area (Å²) in [5.41, 5.74) is 5.59. The number of carbonyl (C=O) groups excluding carboxylic acids is 1. The van der Waals surface area contributed by atoms with E-state index < -0.39 is 37.0 Å². The van der Waals surface area contributed by atoms with Crippen molar-refractivity contribution in [3.63, 3.8) is 0 Å². The molecule has 0 rings (SSSR count). The summed E-state index contributed by atoms with van der Waals surface area (Å²) in [6.45, 7) is 2.42. The van der Waals surface area contributed by atoms with Crippen molar-refractivity contribution in [1.29, 1.82) is 0 Å².